The summed E-state index contributed by atoms with van der Waals surface area (Å²) in [5.74, 6) is 1.17. The van der Waals surface area contributed by atoms with Gasteiger partial charge in [0.05, 0.1) is 11.4 Å². The maximum atomic E-state index is 12.0. The lowest BCUT2D eigenvalue weighted by molar-refractivity contribution is -0.120. The highest BCUT2D eigenvalue weighted by Crippen LogP contribution is 2.22. The standard InChI is InChI=1S/C22H43N3O2.C2H6/c1-6-9-16-22(19-26,17-10-7-2)24-20(14-8-3)25(5)18-13-11-12-15-21(27)23-4;1-2/h14,19,24H,6-13,15-18H2,1-5H3,(H,23,27);1-2H3/b20-14-;. The van der Waals surface area contributed by atoms with Gasteiger partial charge in [-0.25, -0.2) is 0 Å². The Labute approximate surface area is 181 Å². The second kappa shape index (κ2) is 19.8. The maximum Gasteiger partial charge on any atom is 0.219 e. The van der Waals surface area contributed by atoms with E-state index in [9.17, 15) is 9.59 Å². The van der Waals surface area contributed by atoms with E-state index in [-0.39, 0.29) is 5.91 Å². The highest BCUT2D eigenvalue weighted by Gasteiger charge is 2.29. The molecule has 0 fully saturated rings. The lowest BCUT2D eigenvalue weighted by Gasteiger charge is -2.35. The van der Waals surface area contributed by atoms with Gasteiger partial charge in [-0.05, 0) is 38.2 Å². The van der Waals surface area contributed by atoms with Gasteiger partial charge in [0.15, 0.2) is 0 Å². The fourth-order valence-corrected chi connectivity index (χ4v) is 3.19. The Morgan fingerprint density at radius 2 is 1.55 bits per heavy atom. The summed E-state index contributed by atoms with van der Waals surface area (Å²) in [4.78, 5) is 25.6. The van der Waals surface area contributed by atoms with Crippen LogP contribution in [0.1, 0.15) is 105 Å². The van der Waals surface area contributed by atoms with Crippen LogP contribution in [0.5, 0.6) is 0 Å². The Bertz CT molecular complexity index is 428. The molecule has 172 valence electrons. The number of carbonyl (C=O) groups excluding carboxylic acids is 2. The van der Waals surface area contributed by atoms with Crippen molar-refractivity contribution in [2.45, 2.75) is 111 Å². The second-order valence-corrected chi connectivity index (χ2v) is 7.51. The summed E-state index contributed by atoms with van der Waals surface area (Å²) in [5.41, 5.74) is -0.458. The normalized spacial score (nSPS) is 11.3. The molecular weight excluding hydrogens is 362 g/mol. The van der Waals surface area contributed by atoms with Gasteiger partial charge in [0, 0.05) is 27.1 Å². The molecule has 29 heavy (non-hydrogen) atoms. The number of hydrogen-bond acceptors (Lipinski definition) is 4. The van der Waals surface area contributed by atoms with Gasteiger partial charge in [-0.1, -0.05) is 66.7 Å². The molecule has 1 amide bonds. The monoisotopic (exact) mass is 411 g/mol. The van der Waals surface area contributed by atoms with Crippen molar-refractivity contribution < 1.29 is 9.59 Å². The van der Waals surface area contributed by atoms with E-state index < -0.39 is 5.54 Å². The van der Waals surface area contributed by atoms with Crippen LogP contribution in [-0.2, 0) is 9.59 Å². The zero-order chi connectivity index (χ0) is 22.5. The Kier molecular flexibility index (Phi) is 20.2. The van der Waals surface area contributed by atoms with E-state index in [1.807, 2.05) is 13.8 Å². The summed E-state index contributed by atoms with van der Waals surface area (Å²) < 4.78 is 0. The number of hydrogen-bond donors (Lipinski definition) is 2. The third-order valence-electron chi connectivity index (χ3n) is 5.04. The largest absolute Gasteiger partial charge is 0.362 e. The smallest absolute Gasteiger partial charge is 0.219 e. The molecule has 0 aliphatic heterocycles. The molecule has 0 aliphatic rings. The van der Waals surface area contributed by atoms with Crippen LogP contribution in [0.15, 0.2) is 11.9 Å². The van der Waals surface area contributed by atoms with E-state index in [2.05, 4.69) is 49.4 Å². The van der Waals surface area contributed by atoms with Crippen molar-refractivity contribution in [3.8, 4) is 0 Å². The van der Waals surface area contributed by atoms with Crippen molar-refractivity contribution in [3.05, 3.63) is 11.9 Å². The SMILES string of the molecule is CC.CC/C=C(/NC(C=O)(CCCC)CCCC)N(C)CCCCCC(=O)NC. The Morgan fingerprint density at radius 1 is 0.966 bits per heavy atom. The molecule has 0 aromatic carbocycles. The van der Waals surface area contributed by atoms with Crippen LogP contribution in [0.2, 0.25) is 0 Å². The van der Waals surface area contributed by atoms with E-state index in [1.54, 1.807) is 7.05 Å². The minimum absolute atomic E-state index is 0.110. The Hall–Kier alpha value is -1.52. The van der Waals surface area contributed by atoms with Gasteiger partial charge in [0.1, 0.15) is 6.29 Å². The lowest BCUT2D eigenvalue weighted by atomic mass is 9.88. The van der Waals surface area contributed by atoms with Gasteiger partial charge in [-0.2, -0.15) is 0 Å². The number of carbonyl (C=O) groups is 2. The molecule has 0 heterocycles. The van der Waals surface area contributed by atoms with Crippen LogP contribution in [0.3, 0.4) is 0 Å². The van der Waals surface area contributed by atoms with Crippen molar-refractivity contribution in [1.82, 2.24) is 15.5 Å². The predicted octanol–water partition coefficient (Wildman–Crippen LogP) is 5.41. The van der Waals surface area contributed by atoms with E-state index >= 15 is 0 Å². The average Bonchev–Trinajstić information content (AvgIpc) is 2.76. The Morgan fingerprint density at radius 3 is 2.00 bits per heavy atom. The van der Waals surface area contributed by atoms with Crippen molar-refractivity contribution in [1.29, 1.82) is 0 Å². The fraction of sp³-hybridized carbons (Fsp3) is 0.833. The number of amides is 1. The van der Waals surface area contributed by atoms with E-state index in [0.29, 0.717) is 6.42 Å². The molecule has 0 aromatic rings. The summed E-state index contributed by atoms with van der Waals surface area (Å²) >= 11 is 0. The number of rotatable bonds is 17. The van der Waals surface area contributed by atoms with Crippen LogP contribution in [0.25, 0.3) is 0 Å². The molecule has 0 spiro atoms. The summed E-state index contributed by atoms with van der Waals surface area (Å²) in [6.45, 7) is 11.4. The first kappa shape index (κ1) is 29.7. The van der Waals surface area contributed by atoms with Crippen molar-refractivity contribution >= 4 is 12.2 Å². The number of nitrogens with one attached hydrogen (secondary N) is 2. The van der Waals surface area contributed by atoms with Crippen LogP contribution < -0.4 is 10.6 Å². The molecule has 0 saturated heterocycles. The fourth-order valence-electron chi connectivity index (χ4n) is 3.19. The molecule has 0 radical (unpaired) electrons. The summed E-state index contributed by atoms with van der Waals surface area (Å²) in [6, 6.07) is 0. The van der Waals surface area contributed by atoms with Gasteiger partial charge in [-0.15, -0.1) is 0 Å². The van der Waals surface area contributed by atoms with Gasteiger partial charge in [-0.3, -0.25) is 4.79 Å². The number of nitrogens with zero attached hydrogens (tertiary/aromatic N) is 1. The summed E-state index contributed by atoms with van der Waals surface area (Å²) in [7, 11) is 3.77. The van der Waals surface area contributed by atoms with E-state index in [4.69, 9.17) is 0 Å². The zero-order valence-corrected chi connectivity index (χ0v) is 20.4. The summed E-state index contributed by atoms with van der Waals surface area (Å²) in [6.07, 6.45) is 13.9. The van der Waals surface area contributed by atoms with Crippen molar-refractivity contribution in [3.63, 3.8) is 0 Å². The first-order chi connectivity index (χ1) is 14.0. The second-order valence-electron chi connectivity index (χ2n) is 7.51. The zero-order valence-electron chi connectivity index (χ0n) is 20.4. The van der Waals surface area contributed by atoms with Gasteiger partial charge in [0.2, 0.25) is 5.91 Å². The van der Waals surface area contributed by atoms with E-state index in [0.717, 1.165) is 82.9 Å². The molecule has 0 bridgehead atoms. The molecule has 5 nitrogen and oxygen atoms in total. The molecule has 2 N–H and O–H groups in total. The topological polar surface area (TPSA) is 61.4 Å². The van der Waals surface area contributed by atoms with Crippen LogP contribution >= 0.6 is 0 Å². The van der Waals surface area contributed by atoms with Gasteiger partial charge >= 0.3 is 0 Å². The predicted molar refractivity (Wildman–Crippen MR) is 126 cm³/mol. The number of allylic oxidation sites excluding steroid dienone is 1. The average molecular weight is 412 g/mol. The minimum atomic E-state index is -0.458. The maximum absolute atomic E-state index is 12.0. The molecule has 0 rings (SSSR count). The molecule has 0 aliphatic carbocycles. The minimum Gasteiger partial charge on any atom is -0.362 e. The first-order valence-corrected chi connectivity index (χ1v) is 11.8. The van der Waals surface area contributed by atoms with Gasteiger partial charge < -0.3 is 20.3 Å². The van der Waals surface area contributed by atoms with Crippen LogP contribution in [0.4, 0.5) is 0 Å². The van der Waals surface area contributed by atoms with Gasteiger partial charge in [0.25, 0.3) is 0 Å². The molecule has 0 atom stereocenters. The van der Waals surface area contributed by atoms with E-state index in [1.165, 1.54) is 0 Å². The van der Waals surface area contributed by atoms with Crippen molar-refractivity contribution in [2.75, 3.05) is 20.6 Å². The molecule has 0 saturated carbocycles. The highest BCUT2D eigenvalue weighted by molar-refractivity contribution is 5.75. The highest BCUT2D eigenvalue weighted by atomic mass is 16.1. The van der Waals surface area contributed by atoms with Crippen LogP contribution in [0, 0.1) is 0 Å². The quantitative estimate of drug-likeness (QED) is 0.248. The third-order valence-corrected chi connectivity index (χ3v) is 5.04. The summed E-state index contributed by atoms with van der Waals surface area (Å²) in [5, 5.41) is 6.27. The number of unbranched alkanes of at least 4 members (excludes halogenated alkanes) is 4. The number of aldehydes is 1. The Balaban J connectivity index is 0. The van der Waals surface area contributed by atoms with Crippen molar-refractivity contribution in [2.24, 2.45) is 0 Å². The van der Waals surface area contributed by atoms with Crippen LogP contribution in [-0.4, -0.2) is 43.3 Å². The molecule has 0 unspecified atom stereocenters. The lowest BCUT2D eigenvalue weighted by Crippen LogP contribution is -2.49. The third kappa shape index (κ3) is 14.2. The molecule has 5 heteroatoms. The first-order valence-electron chi connectivity index (χ1n) is 11.8. The molecular formula is C24H49N3O2. The molecule has 0 aromatic heterocycles.